The first kappa shape index (κ1) is 12.4. The highest BCUT2D eigenvalue weighted by molar-refractivity contribution is 5.46. The lowest BCUT2D eigenvalue weighted by Crippen LogP contribution is -2.06. The molecule has 0 aliphatic heterocycles. The number of nitrogens with zero attached hydrogens (tertiary/aromatic N) is 1. The Bertz CT molecular complexity index is 555. The van der Waals surface area contributed by atoms with E-state index in [1.54, 1.807) is 19.4 Å². The van der Waals surface area contributed by atoms with Crippen LogP contribution in [0.2, 0.25) is 0 Å². The SMILES string of the molecule is COc1cccc(C(O)c2cc(C)cnc2N)c1. The fourth-order valence-electron chi connectivity index (χ4n) is 1.81. The molecule has 0 fully saturated rings. The van der Waals surface area contributed by atoms with Gasteiger partial charge >= 0.3 is 0 Å². The van der Waals surface area contributed by atoms with Gasteiger partial charge in [-0.15, -0.1) is 0 Å². The summed E-state index contributed by atoms with van der Waals surface area (Å²) in [6.45, 7) is 1.91. The highest BCUT2D eigenvalue weighted by Gasteiger charge is 2.15. The van der Waals surface area contributed by atoms with Gasteiger partial charge < -0.3 is 15.6 Å². The second-order valence-corrected chi connectivity index (χ2v) is 4.17. The van der Waals surface area contributed by atoms with Gasteiger partial charge in [-0.2, -0.15) is 0 Å². The molecule has 0 bridgehead atoms. The van der Waals surface area contributed by atoms with E-state index in [4.69, 9.17) is 10.5 Å². The van der Waals surface area contributed by atoms with Crippen molar-refractivity contribution in [3.63, 3.8) is 0 Å². The van der Waals surface area contributed by atoms with Gasteiger partial charge in [0.1, 0.15) is 17.7 Å². The maximum Gasteiger partial charge on any atom is 0.129 e. The zero-order chi connectivity index (χ0) is 13.1. The lowest BCUT2D eigenvalue weighted by molar-refractivity contribution is 0.220. The summed E-state index contributed by atoms with van der Waals surface area (Å²) in [5.74, 6) is 1.04. The van der Waals surface area contributed by atoms with E-state index in [2.05, 4.69) is 4.98 Å². The van der Waals surface area contributed by atoms with Crippen LogP contribution in [0.4, 0.5) is 5.82 Å². The van der Waals surface area contributed by atoms with Crippen molar-refractivity contribution in [2.75, 3.05) is 12.8 Å². The molecule has 4 heteroatoms. The summed E-state index contributed by atoms with van der Waals surface area (Å²) in [4.78, 5) is 4.05. The van der Waals surface area contributed by atoms with E-state index in [0.717, 1.165) is 11.1 Å². The molecule has 1 atom stereocenters. The van der Waals surface area contributed by atoms with Crippen LogP contribution >= 0.6 is 0 Å². The molecule has 0 radical (unpaired) electrons. The Labute approximate surface area is 106 Å². The zero-order valence-corrected chi connectivity index (χ0v) is 10.4. The number of anilines is 1. The van der Waals surface area contributed by atoms with Crippen LogP contribution in [0.25, 0.3) is 0 Å². The Kier molecular flexibility index (Phi) is 3.48. The number of aryl methyl sites for hydroxylation is 1. The fourth-order valence-corrected chi connectivity index (χ4v) is 1.81. The predicted molar refractivity (Wildman–Crippen MR) is 70.4 cm³/mol. The number of benzene rings is 1. The minimum absolute atomic E-state index is 0.343. The van der Waals surface area contributed by atoms with Gasteiger partial charge in [0, 0.05) is 11.8 Å². The molecule has 2 aromatic rings. The minimum Gasteiger partial charge on any atom is -0.497 e. The van der Waals surface area contributed by atoms with Gasteiger partial charge in [0.15, 0.2) is 0 Å². The quantitative estimate of drug-likeness (QED) is 0.867. The smallest absolute Gasteiger partial charge is 0.129 e. The number of methoxy groups -OCH3 is 1. The summed E-state index contributed by atoms with van der Waals surface area (Å²) in [5.41, 5.74) is 8.10. The van der Waals surface area contributed by atoms with Crippen LogP contribution in [-0.4, -0.2) is 17.2 Å². The maximum absolute atomic E-state index is 10.3. The number of pyridine rings is 1. The zero-order valence-electron chi connectivity index (χ0n) is 10.4. The molecule has 2 rings (SSSR count). The first-order valence-electron chi connectivity index (χ1n) is 5.66. The van der Waals surface area contributed by atoms with Crippen molar-refractivity contribution < 1.29 is 9.84 Å². The average molecular weight is 244 g/mol. The Morgan fingerprint density at radius 2 is 2.11 bits per heavy atom. The molecule has 1 aromatic carbocycles. The monoisotopic (exact) mass is 244 g/mol. The van der Waals surface area contributed by atoms with Crippen LogP contribution in [0.1, 0.15) is 22.8 Å². The van der Waals surface area contributed by atoms with Gasteiger partial charge in [0.25, 0.3) is 0 Å². The summed E-state index contributed by atoms with van der Waals surface area (Å²) in [6.07, 6.45) is 0.879. The molecule has 0 aliphatic carbocycles. The Morgan fingerprint density at radius 3 is 2.83 bits per heavy atom. The van der Waals surface area contributed by atoms with Gasteiger partial charge in [-0.25, -0.2) is 4.98 Å². The van der Waals surface area contributed by atoms with Crippen molar-refractivity contribution in [1.82, 2.24) is 4.98 Å². The molecule has 1 heterocycles. The number of ether oxygens (including phenoxy) is 1. The number of aliphatic hydroxyl groups is 1. The number of hydrogen-bond acceptors (Lipinski definition) is 4. The molecule has 1 aromatic heterocycles. The highest BCUT2D eigenvalue weighted by atomic mass is 16.5. The first-order valence-corrected chi connectivity index (χ1v) is 5.66. The molecular formula is C14H16N2O2. The van der Waals surface area contributed by atoms with Gasteiger partial charge in [-0.05, 0) is 36.2 Å². The molecule has 0 aliphatic rings. The molecule has 0 saturated carbocycles. The normalized spacial score (nSPS) is 12.2. The first-order chi connectivity index (χ1) is 8.61. The number of nitrogen functional groups attached to an aromatic ring is 1. The Hall–Kier alpha value is -2.07. The standard InChI is InChI=1S/C14H16N2O2/c1-9-6-12(14(15)16-8-9)13(17)10-4-3-5-11(7-10)18-2/h3-8,13,17H,1-2H3,(H2,15,16). The van der Waals surface area contributed by atoms with Crippen LogP contribution in [0, 0.1) is 6.92 Å². The molecule has 18 heavy (non-hydrogen) atoms. The average Bonchev–Trinajstić information content (AvgIpc) is 2.41. The van der Waals surface area contributed by atoms with Crippen LogP contribution in [-0.2, 0) is 0 Å². The molecule has 0 spiro atoms. The van der Waals surface area contributed by atoms with Crippen LogP contribution < -0.4 is 10.5 Å². The van der Waals surface area contributed by atoms with E-state index >= 15 is 0 Å². The lowest BCUT2D eigenvalue weighted by atomic mass is 10.0. The molecule has 0 saturated heterocycles. The summed E-state index contributed by atoms with van der Waals surface area (Å²) < 4.78 is 5.14. The van der Waals surface area contributed by atoms with Crippen molar-refractivity contribution in [3.8, 4) is 5.75 Å². The van der Waals surface area contributed by atoms with E-state index in [0.29, 0.717) is 17.1 Å². The number of nitrogens with two attached hydrogens (primary N) is 1. The number of rotatable bonds is 3. The number of aromatic nitrogens is 1. The Balaban J connectivity index is 2.40. The Morgan fingerprint density at radius 1 is 1.33 bits per heavy atom. The minimum atomic E-state index is -0.799. The number of aliphatic hydroxyl groups excluding tert-OH is 1. The topological polar surface area (TPSA) is 68.4 Å². The fraction of sp³-hybridized carbons (Fsp3) is 0.214. The van der Waals surface area contributed by atoms with Crippen molar-refractivity contribution in [2.45, 2.75) is 13.0 Å². The van der Waals surface area contributed by atoms with Gasteiger partial charge in [0.05, 0.1) is 7.11 Å². The van der Waals surface area contributed by atoms with E-state index in [-0.39, 0.29) is 0 Å². The predicted octanol–water partition coefficient (Wildman–Crippen LogP) is 2.06. The molecule has 94 valence electrons. The molecule has 3 N–H and O–H groups in total. The summed E-state index contributed by atoms with van der Waals surface area (Å²) in [5, 5.41) is 10.3. The van der Waals surface area contributed by atoms with Crippen molar-refractivity contribution in [3.05, 3.63) is 53.2 Å². The van der Waals surface area contributed by atoms with Crippen molar-refractivity contribution in [2.24, 2.45) is 0 Å². The molecule has 1 unspecified atom stereocenters. The lowest BCUT2D eigenvalue weighted by Gasteiger charge is -2.14. The van der Waals surface area contributed by atoms with Gasteiger partial charge in [-0.3, -0.25) is 0 Å². The van der Waals surface area contributed by atoms with Crippen molar-refractivity contribution in [1.29, 1.82) is 0 Å². The second kappa shape index (κ2) is 5.06. The van der Waals surface area contributed by atoms with Crippen LogP contribution in [0.3, 0.4) is 0 Å². The van der Waals surface area contributed by atoms with Crippen LogP contribution in [0.5, 0.6) is 5.75 Å². The van der Waals surface area contributed by atoms with E-state index in [1.807, 2.05) is 31.2 Å². The van der Waals surface area contributed by atoms with Gasteiger partial charge in [-0.1, -0.05) is 12.1 Å². The van der Waals surface area contributed by atoms with Crippen LogP contribution in [0.15, 0.2) is 36.5 Å². The molecule has 4 nitrogen and oxygen atoms in total. The van der Waals surface area contributed by atoms with Gasteiger partial charge in [0.2, 0.25) is 0 Å². The third-order valence-electron chi connectivity index (χ3n) is 2.79. The summed E-state index contributed by atoms with van der Waals surface area (Å²) >= 11 is 0. The molecular weight excluding hydrogens is 228 g/mol. The third-order valence-corrected chi connectivity index (χ3v) is 2.79. The van der Waals surface area contributed by atoms with Crippen molar-refractivity contribution >= 4 is 5.82 Å². The summed E-state index contributed by atoms with van der Waals surface area (Å²) in [7, 11) is 1.59. The van der Waals surface area contributed by atoms with E-state index < -0.39 is 6.10 Å². The maximum atomic E-state index is 10.3. The second-order valence-electron chi connectivity index (χ2n) is 4.17. The summed E-state index contributed by atoms with van der Waals surface area (Å²) in [6, 6.07) is 9.11. The largest absolute Gasteiger partial charge is 0.497 e. The van der Waals surface area contributed by atoms with E-state index in [9.17, 15) is 5.11 Å². The third kappa shape index (κ3) is 2.43. The number of hydrogen-bond donors (Lipinski definition) is 2. The highest BCUT2D eigenvalue weighted by Crippen LogP contribution is 2.28. The van der Waals surface area contributed by atoms with E-state index in [1.165, 1.54) is 0 Å². The molecule has 0 amide bonds.